The molecule has 18 heavy (non-hydrogen) atoms. The van der Waals surface area contributed by atoms with Crippen LogP contribution in [0.3, 0.4) is 0 Å². The third kappa shape index (κ3) is 7.30. The molecule has 0 spiro atoms. The van der Waals surface area contributed by atoms with Crippen molar-refractivity contribution in [1.29, 1.82) is 0 Å². The van der Waals surface area contributed by atoms with Crippen molar-refractivity contribution >= 4 is 111 Å². The summed E-state index contributed by atoms with van der Waals surface area (Å²) in [5.74, 6) is 0. The first-order valence-electron chi connectivity index (χ1n) is 5.20. The summed E-state index contributed by atoms with van der Waals surface area (Å²) in [6.07, 6.45) is 0.930. The van der Waals surface area contributed by atoms with Gasteiger partial charge in [0.1, 0.15) is 0 Å². The van der Waals surface area contributed by atoms with E-state index in [0.29, 0.717) is 0 Å². The predicted octanol–water partition coefficient (Wildman–Crippen LogP) is 5.88. The van der Waals surface area contributed by atoms with E-state index in [0.717, 1.165) is 12.5 Å². The molecule has 11 heteroatoms. The molecule has 1 aliphatic heterocycles. The molecule has 0 amide bonds. The van der Waals surface area contributed by atoms with Gasteiger partial charge in [-0.1, -0.05) is 13.1 Å². The maximum atomic E-state index is 5.99. The van der Waals surface area contributed by atoms with E-state index in [1.807, 2.05) is 13.1 Å². The van der Waals surface area contributed by atoms with Crippen LogP contribution in [0.25, 0.3) is 0 Å². The largest absolute Gasteiger partial charge is 0.341 e. The Morgan fingerprint density at radius 1 is 1.00 bits per heavy atom. The zero-order chi connectivity index (χ0) is 14.7. The molecule has 0 radical (unpaired) electrons. The Labute approximate surface area is 150 Å². The Morgan fingerprint density at radius 3 is 1.67 bits per heavy atom. The van der Waals surface area contributed by atoms with Crippen LogP contribution in [0.4, 0.5) is 0 Å². The summed E-state index contributed by atoms with van der Waals surface area (Å²) in [6.45, 7) is 1.73. The minimum atomic E-state index is -2.54. The van der Waals surface area contributed by atoms with Crippen LogP contribution in [-0.2, 0) is 0 Å². The van der Waals surface area contributed by atoms with Crippen LogP contribution in [-0.4, -0.2) is 36.3 Å². The van der Waals surface area contributed by atoms with Gasteiger partial charge in [-0.15, -0.1) is 68.0 Å². The van der Waals surface area contributed by atoms with E-state index in [1.165, 1.54) is 0 Å². The van der Waals surface area contributed by atoms with Crippen LogP contribution in [0.5, 0.6) is 0 Å². The number of alkyl halides is 3. The quantitative estimate of drug-likeness (QED) is 0.258. The standard InChI is InChI=1S/C5H8Cl4Si.C2H6Cl4Si2/c6-3-1-2-10(9)5(8)4(3)7;1-7(2,3)8(4,5)6/h3-5,10H,1-2H2;1-2H3. The van der Waals surface area contributed by atoms with Crippen LogP contribution in [0.15, 0.2) is 0 Å². The first-order chi connectivity index (χ1) is 7.88. The summed E-state index contributed by atoms with van der Waals surface area (Å²) in [5.41, 5.74) is -2.54. The highest BCUT2D eigenvalue weighted by molar-refractivity contribution is 7.95. The third-order valence-electron chi connectivity index (χ3n) is 2.39. The van der Waals surface area contributed by atoms with Gasteiger partial charge in [-0.05, 0) is 12.5 Å². The van der Waals surface area contributed by atoms with Gasteiger partial charge in [0.15, 0.2) is 15.0 Å². The lowest BCUT2D eigenvalue weighted by Gasteiger charge is -2.29. The second-order valence-electron chi connectivity index (χ2n) is 4.47. The summed E-state index contributed by atoms with van der Waals surface area (Å²) in [6, 6.07) is 1.01. The number of halogens is 8. The van der Waals surface area contributed by atoms with Gasteiger partial charge in [0.05, 0.1) is 15.8 Å². The van der Waals surface area contributed by atoms with Crippen molar-refractivity contribution in [2.45, 2.75) is 41.3 Å². The topological polar surface area (TPSA) is 0 Å². The monoisotopic (exact) mass is 462 g/mol. The van der Waals surface area contributed by atoms with Crippen LogP contribution < -0.4 is 0 Å². The molecule has 1 saturated heterocycles. The maximum absolute atomic E-state index is 5.99. The molecular formula is C7H14Cl8Si3. The molecule has 0 aromatic heterocycles. The molecule has 1 aliphatic rings. The molecule has 1 rings (SSSR count). The Balaban J connectivity index is 0.000000331. The SMILES string of the molecule is C[Si](C)(Cl)[Si](Cl)(Cl)Cl.ClC1CC[SiH](Cl)C(Cl)C1Cl. The first kappa shape index (κ1) is 21.0. The highest BCUT2D eigenvalue weighted by atomic mass is 35.9. The van der Waals surface area contributed by atoms with Gasteiger partial charge >= 0.3 is 5.52 Å². The highest BCUT2D eigenvalue weighted by Crippen LogP contribution is 2.33. The van der Waals surface area contributed by atoms with Gasteiger partial charge in [0.25, 0.3) is 0 Å². The fourth-order valence-electron chi connectivity index (χ4n) is 1.04. The Morgan fingerprint density at radius 2 is 1.39 bits per heavy atom. The minimum Gasteiger partial charge on any atom is -0.170 e. The summed E-state index contributed by atoms with van der Waals surface area (Å²) < 4.78 is 0. The lowest BCUT2D eigenvalue weighted by molar-refractivity contribution is 0.731. The average molecular weight is 466 g/mol. The van der Waals surface area contributed by atoms with Crippen LogP contribution in [0.1, 0.15) is 6.42 Å². The lowest BCUT2D eigenvalue weighted by Crippen LogP contribution is -2.41. The third-order valence-corrected chi connectivity index (χ3v) is 32.3. The van der Waals surface area contributed by atoms with E-state index in [1.54, 1.807) is 0 Å². The van der Waals surface area contributed by atoms with Crippen LogP contribution in [0.2, 0.25) is 19.1 Å². The van der Waals surface area contributed by atoms with Gasteiger partial charge in [-0.2, -0.15) is 22.2 Å². The minimum absolute atomic E-state index is 0.0201. The zero-order valence-electron chi connectivity index (χ0n) is 9.75. The summed E-state index contributed by atoms with van der Waals surface area (Å²) in [7, 11) is -1.26. The molecule has 110 valence electrons. The maximum Gasteiger partial charge on any atom is 0.341 e. The van der Waals surface area contributed by atoms with E-state index in [-0.39, 0.29) is 15.8 Å². The molecule has 0 N–H and O–H groups in total. The van der Waals surface area contributed by atoms with E-state index in [4.69, 9.17) is 90.2 Å². The molecule has 4 atom stereocenters. The predicted molar refractivity (Wildman–Crippen MR) is 98.0 cm³/mol. The van der Waals surface area contributed by atoms with Crippen molar-refractivity contribution in [1.82, 2.24) is 0 Å². The fourth-order valence-corrected chi connectivity index (χ4v) is 5.69. The van der Waals surface area contributed by atoms with Gasteiger partial charge < -0.3 is 0 Å². The van der Waals surface area contributed by atoms with E-state index in [9.17, 15) is 0 Å². The summed E-state index contributed by atoms with van der Waals surface area (Å²) >= 11 is 46.3. The Bertz CT molecular complexity index is 226. The van der Waals surface area contributed by atoms with Gasteiger partial charge in [0, 0.05) is 0 Å². The molecule has 1 heterocycles. The molecule has 0 aliphatic carbocycles. The van der Waals surface area contributed by atoms with E-state index in [2.05, 4.69) is 0 Å². The van der Waals surface area contributed by atoms with Gasteiger partial charge in [-0.3, -0.25) is 0 Å². The molecule has 0 saturated carbocycles. The number of hydrogen-bond acceptors (Lipinski definition) is 0. The average Bonchev–Trinajstić information content (AvgIpc) is 2.19. The van der Waals surface area contributed by atoms with Crippen molar-refractivity contribution in [3.63, 3.8) is 0 Å². The van der Waals surface area contributed by atoms with Crippen molar-refractivity contribution in [3.05, 3.63) is 0 Å². The normalized spacial score (nSPS) is 33.7. The van der Waals surface area contributed by atoms with Crippen molar-refractivity contribution in [3.8, 4) is 0 Å². The van der Waals surface area contributed by atoms with Crippen molar-refractivity contribution < 1.29 is 0 Å². The highest BCUT2D eigenvalue weighted by Gasteiger charge is 2.45. The van der Waals surface area contributed by atoms with E-state index >= 15 is 0 Å². The number of hydrogen-bond donors (Lipinski definition) is 0. The zero-order valence-corrected chi connectivity index (χ0v) is 18.9. The van der Waals surface area contributed by atoms with Crippen molar-refractivity contribution in [2.75, 3.05) is 0 Å². The number of rotatable bonds is 1. The Hall–Kier alpha value is 2.97. The van der Waals surface area contributed by atoms with Gasteiger partial charge in [0.2, 0.25) is 0 Å². The lowest BCUT2D eigenvalue weighted by atomic mass is 10.2. The molecule has 4 unspecified atom stereocenters. The fraction of sp³-hybridized carbons (Fsp3) is 1.00. The first-order valence-corrected chi connectivity index (χ1v) is 19.8. The second kappa shape index (κ2) is 8.56. The Kier molecular flexibility index (Phi) is 9.98. The smallest absolute Gasteiger partial charge is 0.170 e. The summed E-state index contributed by atoms with van der Waals surface area (Å²) in [4.78, 5) is 0. The summed E-state index contributed by atoms with van der Waals surface area (Å²) in [5, 5.41) is -0.141. The van der Waals surface area contributed by atoms with Gasteiger partial charge in [-0.25, -0.2) is 0 Å². The second-order valence-corrected chi connectivity index (χ2v) is 33.9. The molecule has 0 bridgehead atoms. The van der Waals surface area contributed by atoms with Crippen LogP contribution >= 0.6 is 90.2 Å². The molecule has 0 aromatic carbocycles. The molecule has 0 nitrogen and oxygen atoms in total. The molecule has 1 fully saturated rings. The van der Waals surface area contributed by atoms with Crippen molar-refractivity contribution in [2.24, 2.45) is 0 Å². The van der Waals surface area contributed by atoms with Crippen LogP contribution in [0, 0.1) is 0 Å². The van der Waals surface area contributed by atoms with E-state index < -0.39 is 20.5 Å². The molecule has 0 aromatic rings. The molecular weight excluding hydrogens is 452 g/mol.